The lowest BCUT2D eigenvalue weighted by Gasteiger charge is -2.19. The molecule has 0 bridgehead atoms. The molecule has 5 nitrogen and oxygen atoms in total. The summed E-state index contributed by atoms with van der Waals surface area (Å²) >= 11 is 7.31. The molecule has 0 radical (unpaired) electrons. The molecule has 0 spiro atoms. The summed E-state index contributed by atoms with van der Waals surface area (Å²) in [4.78, 5) is 16.8. The third kappa shape index (κ3) is 5.62. The van der Waals surface area contributed by atoms with E-state index in [4.69, 9.17) is 23.1 Å². The van der Waals surface area contributed by atoms with Gasteiger partial charge in [-0.1, -0.05) is 29.8 Å². The lowest BCUT2D eigenvalue weighted by molar-refractivity contribution is -0.418. The molecule has 2 aromatic rings. The predicted octanol–water partition coefficient (Wildman–Crippen LogP) is 1.91. The Morgan fingerprint density at radius 2 is 2.03 bits per heavy atom. The number of rotatable bonds is 7. The number of amides is 1. The molecule has 30 heavy (non-hydrogen) atoms. The van der Waals surface area contributed by atoms with Crippen LogP contribution >= 0.6 is 22.9 Å². The Bertz CT molecular complexity index is 969. The monoisotopic (exact) mass is 459 g/mol. The average molecular weight is 460 g/mol. The maximum absolute atomic E-state index is 13.2. The highest BCUT2D eigenvalue weighted by Gasteiger charge is 2.33. The maximum atomic E-state index is 13.2. The summed E-state index contributed by atoms with van der Waals surface area (Å²) in [5.41, 5.74) is 11.9. The molecule has 1 atom stereocenters. The quantitative estimate of drug-likeness (QED) is 0.476. The van der Waals surface area contributed by atoms with E-state index in [1.54, 1.807) is 13.1 Å². The van der Waals surface area contributed by atoms with Gasteiger partial charge in [-0.25, -0.2) is 4.99 Å². The normalized spacial score (nSPS) is 14.0. The first-order valence-electron chi connectivity index (χ1n) is 9.01. The van der Waals surface area contributed by atoms with E-state index in [1.165, 1.54) is 35.7 Å². The van der Waals surface area contributed by atoms with Crippen molar-refractivity contribution in [2.75, 3.05) is 13.6 Å². The first-order chi connectivity index (χ1) is 14.1. The van der Waals surface area contributed by atoms with Crippen molar-refractivity contribution < 1.29 is 23.0 Å². The van der Waals surface area contributed by atoms with Crippen molar-refractivity contribution in [2.45, 2.75) is 25.6 Å². The second-order valence-electron chi connectivity index (χ2n) is 6.53. The van der Waals surface area contributed by atoms with Gasteiger partial charge >= 0.3 is 6.18 Å². The van der Waals surface area contributed by atoms with E-state index >= 15 is 0 Å². The van der Waals surface area contributed by atoms with Crippen LogP contribution in [-0.4, -0.2) is 31.3 Å². The highest BCUT2D eigenvalue weighted by Crippen LogP contribution is 2.32. The van der Waals surface area contributed by atoms with E-state index in [2.05, 4.69) is 10.3 Å². The van der Waals surface area contributed by atoms with Crippen molar-refractivity contribution in [2.24, 2.45) is 11.5 Å². The third-order valence-corrected chi connectivity index (χ3v) is 5.98. The van der Waals surface area contributed by atoms with Crippen molar-refractivity contribution in [3.8, 4) is 0 Å². The van der Waals surface area contributed by atoms with Crippen LogP contribution in [0.2, 0.25) is 0 Å². The van der Waals surface area contributed by atoms with Gasteiger partial charge in [0.2, 0.25) is 5.71 Å². The molecule has 1 aromatic carbocycles. The third-order valence-electron chi connectivity index (χ3n) is 4.41. The van der Waals surface area contributed by atoms with Gasteiger partial charge < -0.3 is 16.8 Å². The Labute approximate surface area is 181 Å². The van der Waals surface area contributed by atoms with E-state index < -0.39 is 23.7 Å². The Balaban J connectivity index is 2.22. The van der Waals surface area contributed by atoms with Gasteiger partial charge in [0.1, 0.15) is 17.0 Å². The summed E-state index contributed by atoms with van der Waals surface area (Å²) in [7, 11) is 1.68. The SMILES string of the molecule is C[NH+]=C(C(Cl)=CN)c1sc(C(=O)NC(CN)Cc2ccccc2C(F)(F)F)cc1C. The topological polar surface area (TPSA) is 95.1 Å². The zero-order valence-electron chi connectivity index (χ0n) is 16.4. The van der Waals surface area contributed by atoms with Crippen molar-refractivity contribution in [3.63, 3.8) is 0 Å². The van der Waals surface area contributed by atoms with Gasteiger partial charge in [-0.05, 0) is 36.6 Å². The number of alkyl halides is 3. The highest BCUT2D eigenvalue weighted by molar-refractivity contribution is 7.16. The van der Waals surface area contributed by atoms with Crippen LogP contribution in [0.25, 0.3) is 0 Å². The smallest absolute Gasteiger partial charge is 0.403 e. The fraction of sp³-hybridized carbons (Fsp3) is 0.300. The minimum atomic E-state index is -4.48. The van der Waals surface area contributed by atoms with Crippen LogP contribution in [0.1, 0.15) is 31.2 Å². The van der Waals surface area contributed by atoms with Crippen LogP contribution in [0, 0.1) is 6.92 Å². The molecule has 1 aromatic heterocycles. The number of hydrogen-bond acceptors (Lipinski definition) is 4. The highest BCUT2D eigenvalue weighted by atomic mass is 35.5. The first-order valence-corrected chi connectivity index (χ1v) is 10.2. The first kappa shape index (κ1) is 23.9. The zero-order valence-corrected chi connectivity index (χ0v) is 18.0. The van der Waals surface area contributed by atoms with E-state index in [9.17, 15) is 18.0 Å². The van der Waals surface area contributed by atoms with E-state index in [-0.39, 0.29) is 18.5 Å². The van der Waals surface area contributed by atoms with Gasteiger partial charge in [0.15, 0.2) is 0 Å². The number of aryl methyl sites for hydroxylation is 1. The largest absolute Gasteiger partial charge is 0.416 e. The molecule has 1 unspecified atom stereocenters. The predicted molar refractivity (Wildman–Crippen MR) is 114 cm³/mol. The molecule has 0 fully saturated rings. The van der Waals surface area contributed by atoms with Crippen LogP contribution in [0.4, 0.5) is 13.2 Å². The Hall–Kier alpha value is -2.36. The zero-order chi connectivity index (χ0) is 22.5. The molecule has 1 heterocycles. The minimum Gasteiger partial charge on any atom is -0.403 e. The van der Waals surface area contributed by atoms with Gasteiger partial charge in [0.05, 0.1) is 10.4 Å². The Morgan fingerprint density at radius 1 is 1.37 bits per heavy atom. The number of hydrogen-bond donors (Lipinski definition) is 4. The fourth-order valence-electron chi connectivity index (χ4n) is 2.96. The van der Waals surface area contributed by atoms with E-state index in [0.717, 1.165) is 16.5 Å². The van der Waals surface area contributed by atoms with Gasteiger partial charge in [-0.15, -0.1) is 11.3 Å². The van der Waals surface area contributed by atoms with Crippen LogP contribution in [0.15, 0.2) is 41.6 Å². The molecule has 0 aliphatic heterocycles. The molecular weight excluding hydrogens is 437 g/mol. The average Bonchev–Trinajstić information content (AvgIpc) is 3.09. The fourth-order valence-corrected chi connectivity index (χ4v) is 4.34. The Morgan fingerprint density at radius 3 is 2.60 bits per heavy atom. The lowest BCUT2D eigenvalue weighted by atomic mass is 9.99. The molecule has 0 saturated carbocycles. The van der Waals surface area contributed by atoms with Gasteiger partial charge in [-0.2, -0.15) is 13.2 Å². The van der Waals surface area contributed by atoms with Crippen molar-refractivity contribution >= 4 is 34.6 Å². The molecule has 0 aliphatic carbocycles. The number of halogens is 4. The number of nitrogens with two attached hydrogens (primary N) is 2. The molecular formula is C20H23ClF3N4OS+. The van der Waals surface area contributed by atoms with Gasteiger partial charge in [0.25, 0.3) is 5.91 Å². The molecule has 2 rings (SSSR count). The lowest BCUT2D eigenvalue weighted by Crippen LogP contribution is -2.68. The summed E-state index contributed by atoms with van der Waals surface area (Å²) in [6, 6.07) is 6.29. The number of thiophene rings is 1. The van der Waals surface area contributed by atoms with Crippen LogP contribution < -0.4 is 21.8 Å². The van der Waals surface area contributed by atoms with E-state index in [0.29, 0.717) is 15.6 Å². The second kappa shape index (κ2) is 10.1. The van der Waals surface area contributed by atoms with Crippen LogP contribution in [-0.2, 0) is 12.6 Å². The molecule has 6 N–H and O–H groups in total. The summed E-state index contributed by atoms with van der Waals surface area (Å²) in [6.45, 7) is 1.81. The molecule has 162 valence electrons. The van der Waals surface area contributed by atoms with E-state index in [1.807, 2.05) is 6.92 Å². The van der Waals surface area contributed by atoms with Crippen LogP contribution in [0.3, 0.4) is 0 Å². The Kier molecular flexibility index (Phi) is 8.05. The molecule has 1 amide bonds. The number of carbonyl (C=O) groups excluding carboxylic acids is 1. The second-order valence-corrected chi connectivity index (χ2v) is 7.99. The minimum absolute atomic E-state index is 0.00915. The van der Waals surface area contributed by atoms with Gasteiger partial charge in [-0.3, -0.25) is 4.79 Å². The van der Waals surface area contributed by atoms with Crippen molar-refractivity contribution in [1.29, 1.82) is 0 Å². The molecule has 10 heteroatoms. The summed E-state index contributed by atoms with van der Waals surface area (Å²) < 4.78 is 39.7. The maximum Gasteiger partial charge on any atom is 0.416 e. The summed E-state index contributed by atoms with van der Waals surface area (Å²) in [5, 5.41) is 3.03. The number of benzene rings is 1. The number of nitrogens with one attached hydrogen (secondary N) is 2. The summed E-state index contributed by atoms with van der Waals surface area (Å²) in [5.74, 6) is -0.419. The molecule has 0 aliphatic rings. The molecule has 0 saturated heterocycles. The van der Waals surface area contributed by atoms with Crippen molar-refractivity contribution in [3.05, 3.63) is 68.0 Å². The number of carbonyl (C=O) groups is 1. The standard InChI is InChI=1S/C20H22ClF3N4OS/c1-11-7-16(30-18(11)17(27-2)15(21)10-26)19(29)28-13(9-25)8-12-5-3-4-6-14(12)20(22,23)24/h3-7,10,13H,8-9,25-26H2,1-2H3,(H,28,29)/p+1. The van der Waals surface area contributed by atoms with Crippen molar-refractivity contribution in [1.82, 2.24) is 5.32 Å². The van der Waals surface area contributed by atoms with Crippen LogP contribution in [0.5, 0.6) is 0 Å². The number of allylic oxidation sites excluding steroid dienone is 1. The summed E-state index contributed by atoms with van der Waals surface area (Å²) in [6.07, 6.45) is -3.27. The van der Waals surface area contributed by atoms with Gasteiger partial charge in [0, 0.05) is 18.8 Å².